The second-order valence-corrected chi connectivity index (χ2v) is 5.67. The number of Topliss-reactive ketones (excluding diaryl/α,β-unsaturated/α-hetero) is 1. The van der Waals surface area contributed by atoms with Crippen molar-refractivity contribution in [3.8, 4) is 5.75 Å². The minimum atomic E-state index is 0.138. The van der Waals surface area contributed by atoms with E-state index >= 15 is 0 Å². The summed E-state index contributed by atoms with van der Waals surface area (Å²) < 4.78 is 11.0. The van der Waals surface area contributed by atoms with Gasteiger partial charge >= 0.3 is 0 Å². The summed E-state index contributed by atoms with van der Waals surface area (Å²) in [4.78, 5) is 12.6. The van der Waals surface area contributed by atoms with E-state index in [-0.39, 0.29) is 11.7 Å². The average Bonchev–Trinajstić information content (AvgIpc) is 2.76. The number of hydrogen-bond donors (Lipinski definition) is 0. The molecule has 2 heterocycles. The third-order valence-electron chi connectivity index (χ3n) is 4.34. The molecular formula is C16H20O3. The molecule has 1 aromatic carbocycles. The topological polar surface area (TPSA) is 35.5 Å². The first-order valence-electron chi connectivity index (χ1n) is 7.01. The van der Waals surface area contributed by atoms with E-state index in [1.54, 1.807) is 7.11 Å². The Bertz CT molecular complexity index is 483. The van der Waals surface area contributed by atoms with Gasteiger partial charge in [0.15, 0.2) is 5.78 Å². The lowest BCUT2D eigenvalue weighted by Gasteiger charge is -2.27. The minimum Gasteiger partial charge on any atom is -0.496 e. The van der Waals surface area contributed by atoms with Crippen molar-refractivity contribution in [2.45, 2.75) is 44.8 Å². The molecule has 0 aliphatic carbocycles. The smallest absolute Gasteiger partial charge is 0.166 e. The number of ketones is 1. The van der Waals surface area contributed by atoms with Crippen LogP contribution in [0.2, 0.25) is 0 Å². The van der Waals surface area contributed by atoms with Gasteiger partial charge in [-0.2, -0.15) is 0 Å². The third kappa shape index (κ3) is 2.39. The Morgan fingerprint density at radius 3 is 2.53 bits per heavy atom. The van der Waals surface area contributed by atoms with E-state index in [0.717, 1.165) is 42.6 Å². The van der Waals surface area contributed by atoms with Crippen LogP contribution in [0, 0.1) is 12.8 Å². The Morgan fingerprint density at radius 1 is 1.26 bits per heavy atom. The Hall–Kier alpha value is -1.35. The van der Waals surface area contributed by atoms with Gasteiger partial charge in [0.25, 0.3) is 0 Å². The molecule has 2 fully saturated rings. The molecule has 19 heavy (non-hydrogen) atoms. The lowest BCUT2D eigenvalue weighted by Crippen LogP contribution is -2.30. The van der Waals surface area contributed by atoms with E-state index in [1.807, 2.05) is 25.1 Å². The molecular weight excluding hydrogens is 240 g/mol. The molecule has 102 valence electrons. The van der Waals surface area contributed by atoms with Crippen LogP contribution in [0.4, 0.5) is 0 Å². The summed E-state index contributed by atoms with van der Waals surface area (Å²) in [5.74, 6) is 1.24. The Kier molecular flexibility index (Phi) is 3.31. The molecule has 0 N–H and O–H groups in total. The number of aryl methyl sites for hydroxylation is 1. The summed E-state index contributed by atoms with van der Waals surface area (Å²) in [7, 11) is 1.65. The maximum atomic E-state index is 12.6. The van der Waals surface area contributed by atoms with Gasteiger partial charge in [0.1, 0.15) is 5.75 Å². The normalized spacial score (nSPS) is 29.3. The van der Waals surface area contributed by atoms with Crippen molar-refractivity contribution in [2.24, 2.45) is 5.92 Å². The second kappa shape index (κ2) is 4.97. The van der Waals surface area contributed by atoms with E-state index in [9.17, 15) is 4.79 Å². The monoisotopic (exact) mass is 260 g/mol. The fraction of sp³-hybridized carbons (Fsp3) is 0.562. The number of ether oxygens (including phenoxy) is 2. The van der Waals surface area contributed by atoms with Crippen molar-refractivity contribution < 1.29 is 14.3 Å². The van der Waals surface area contributed by atoms with Gasteiger partial charge in [-0.3, -0.25) is 4.79 Å². The molecule has 1 aromatic rings. The molecule has 3 nitrogen and oxygen atoms in total. The summed E-state index contributed by atoms with van der Waals surface area (Å²) in [6.07, 6.45) is 4.64. The number of methoxy groups -OCH3 is 1. The summed E-state index contributed by atoms with van der Waals surface area (Å²) in [5.41, 5.74) is 1.83. The Balaban J connectivity index is 1.78. The predicted molar refractivity (Wildman–Crippen MR) is 72.7 cm³/mol. The number of carbonyl (C=O) groups excluding carboxylic acids is 1. The zero-order valence-corrected chi connectivity index (χ0v) is 11.5. The SMILES string of the molecule is COc1ccc(C(=O)C2CC3CCC(C2)O3)cc1C. The van der Waals surface area contributed by atoms with Crippen LogP contribution in [0.25, 0.3) is 0 Å². The molecule has 0 aromatic heterocycles. The molecule has 0 radical (unpaired) electrons. The van der Waals surface area contributed by atoms with Crippen LogP contribution in [-0.2, 0) is 4.74 Å². The van der Waals surface area contributed by atoms with Gasteiger partial charge in [-0.15, -0.1) is 0 Å². The molecule has 3 rings (SSSR count). The molecule has 2 saturated heterocycles. The maximum absolute atomic E-state index is 12.6. The van der Waals surface area contributed by atoms with Crippen LogP contribution in [0.5, 0.6) is 5.75 Å². The van der Waals surface area contributed by atoms with Gasteiger partial charge in [-0.05, 0) is 56.4 Å². The summed E-state index contributed by atoms with van der Waals surface area (Å²) in [6, 6.07) is 5.71. The van der Waals surface area contributed by atoms with Crippen LogP contribution >= 0.6 is 0 Å². The van der Waals surface area contributed by atoms with Crippen molar-refractivity contribution in [2.75, 3.05) is 7.11 Å². The number of fused-ring (bicyclic) bond motifs is 2. The summed E-state index contributed by atoms with van der Waals surface area (Å²) >= 11 is 0. The molecule has 0 saturated carbocycles. The van der Waals surface area contributed by atoms with Crippen molar-refractivity contribution in [1.29, 1.82) is 0 Å². The predicted octanol–water partition coefficient (Wildman–Crippen LogP) is 3.14. The Labute approximate surface area is 113 Å². The highest BCUT2D eigenvalue weighted by atomic mass is 16.5. The van der Waals surface area contributed by atoms with Gasteiger partial charge in [-0.1, -0.05) is 0 Å². The Morgan fingerprint density at radius 2 is 1.95 bits per heavy atom. The van der Waals surface area contributed by atoms with Crippen LogP contribution in [0.3, 0.4) is 0 Å². The fourth-order valence-corrected chi connectivity index (χ4v) is 3.34. The third-order valence-corrected chi connectivity index (χ3v) is 4.34. The quantitative estimate of drug-likeness (QED) is 0.783. The average molecular weight is 260 g/mol. The molecule has 3 heteroatoms. The zero-order chi connectivity index (χ0) is 13.4. The summed E-state index contributed by atoms with van der Waals surface area (Å²) in [6.45, 7) is 1.98. The number of hydrogen-bond acceptors (Lipinski definition) is 3. The van der Waals surface area contributed by atoms with Crippen molar-refractivity contribution in [3.05, 3.63) is 29.3 Å². The van der Waals surface area contributed by atoms with Gasteiger partial charge < -0.3 is 9.47 Å². The fourth-order valence-electron chi connectivity index (χ4n) is 3.34. The van der Waals surface area contributed by atoms with Crippen LogP contribution in [0.15, 0.2) is 18.2 Å². The van der Waals surface area contributed by atoms with Crippen LogP contribution in [0.1, 0.15) is 41.6 Å². The van der Waals surface area contributed by atoms with Gasteiger partial charge in [0, 0.05) is 11.5 Å². The van der Waals surface area contributed by atoms with Gasteiger partial charge in [0.05, 0.1) is 19.3 Å². The van der Waals surface area contributed by atoms with Gasteiger partial charge in [0.2, 0.25) is 0 Å². The van der Waals surface area contributed by atoms with E-state index in [4.69, 9.17) is 9.47 Å². The largest absolute Gasteiger partial charge is 0.496 e. The number of carbonyl (C=O) groups is 1. The molecule has 0 spiro atoms. The molecule has 2 atom stereocenters. The first-order chi connectivity index (χ1) is 9.17. The van der Waals surface area contributed by atoms with Crippen molar-refractivity contribution in [1.82, 2.24) is 0 Å². The molecule has 2 unspecified atom stereocenters. The zero-order valence-electron chi connectivity index (χ0n) is 11.5. The van der Waals surface area contributed by atoms with E-state index in [2.05, 4.69) is 0 Å². The second-order valence-electron chi connectivity index (χ2n) is 5.67. The highest BCUT2D eigenvalue weighted by Gasteiger charge is 2.38. The van der Waals surface area contributed by atoms with Crippen LogP contribution in [-0.4, -0.2) is 25.1 Å². The highest BCUT2D eigenvalue weighted by molar-refractivity contribution is 5.98. The maximum Gasteiger partial charge on any atom is 0.166 e. The van der Waals surface area contributed by atoms with Crippen LogP contribution < -0.4 is 4.74 Å². The van der Waals surface area contributed by atoms with E-state index in [0.29, 0.717) is 12.2 Å². The minimum absolute atomic E-state index is 0.138. The number of benzene rings is 1. The molecule has 0 amide bonds. The molecule has 2 aliphatic rings. The first-order valence-corrected chi connectivity index (χ1v) is 7.01. The van der Waals surface area contributed by atoms with E-state index in [1.165, 1.54) is 0 Å². The number of rotatable bonds is 3. The summed E-state index contributed by atoms with van der Waals surface area (Å²) in [5, 5.41) is 0. The lowest BCUT2D eigenvalue weighted by molar-refractivity contribution is -0.0149. The molecule has 2 aliphatic heterocycles. The van der Waals surface area contributed by atoms with E-state index < -0.39 is 0 Å². The van der Waals surface area contributed by atoms with Crippen molar-refractivity contribution in [3.63, 3.8) is 0 Å². The van der Waals surface area contributed by atoms with Crippen molar-refractivity contribution >= 4 is 5.78 Å². The molecule has 2 bridgehead atoms. The lowest BCUT2D eigenvalue weighted by atomic mass is 9.87. The van der Waals surface area contributed by atoms with Gasteiger partial charge in [-0.25, -0.2) is 0 Å². The first kappa shape index (κ1) is 12.7. The standard InChI is InChI=1S/C16H20O3/c1-10-7-11(3-6-15(10)18-2)16(17)12-8-13-4-5-14(9-12)19-13/h3,6-7,12-14H,4-5,8-9H2,1-2H3. The highest BCUT2D eigenvalue weighted by Crippen LogP contribution is 2.37.